The van der Waals surface area contributed by atoms with Gasteiger partial charge in [-0.1, -0.05) is 119 Å². The van der Waals surface area contributed by atoms with Crippen LogP contribution in [-0.2, 0) is 4.74 Å². The molecule has 0 aliphatic carbocycles. The first-order valence-corrected chi connectivity index (χ1v) is 18.3. The Labute approximate surface area is 347 Å². The number of carboxylic acids is 1. The zero-order chi connectivity index (χ0) is 41.2. The predicted molar refractivity (Wildman–Crippen MR) is 224 cm³/mol. The molecule has 0 aliphatic rings. The quantitative estimate of drug-likeness (QED) is 0.116. The van der Waals surface area contributed by atoms with Gasteiger partial charge in [0.05, 0.1) is 65.0 Å². The van der Waals surface area contributed by atoms with Gasteiger partial charge in [-0.2, -0.15) is 0 Å². The minimum atomic E-state index is -1.16. The normalized spacial score (nSPS) is 10.4. The van der Waals surface area contributed by atoms with Crippen molar-refractivity contribution in [1.82, 2.24) is 0 Å². The van der Waals surface area contributed by atoms with Crippen LogP contribution < -0.4 is 20.1 Å². The van der Waals surface area contributed by atoms with E-state index in [1.165, 1.54) is 51.7 Å². The maximum atomic E-state index is 12.9. The van der Waals surface area contributed by atoms with Crippen LogP contribution in [0.1, 0.15) is 41.4 Å². The maximum Gasteiger partial charge on any atom is 0.339 e. The third-order valence-electron chi connectivity index (χ3n) is 8.30. The highest BCUT2D eigenvalue weighted by Gasteiger charge is 2.22. The summed E-state index contributed by atoms with van der Waals surface area (Å²) in [4.78, 5) is 49.6. The topological polar surface area (TPSA) is 140 Å². The van der Waals surface area contributed by atoms with Gasteiger partial charge in [0.25, 0.3) is 11.8 Å². The van der Waals surface area contributed by atoms with Gasteiger partial charge in [-0.25, -0.2) is 9.59 Å². The molecule has 6 aromatic carbocycles. The van der Waals surface area contributed by atoms with E-state index in [0.717, 1.165) is 22.3 Å². The summed E-state index contributed by atoms with van der Waals surface area (Å²) in [6.07, 6.45) is 0. The van der Waals surface area contributed by atoms with Crippen LogP contribution in [0.3, 0.4) is 0 Å². The number of carbonyl (C=O) groups excluding carboxylic acids is 3. The Kier molecular flexibility index (Phi) is 14.2. The Morgan fingerprint density at radius 1 is 0.491 bits per heavy atom. The van der Waals surface area contributed by atoms with Crippen molar-refractivity contribution in [2.45, 2.75) is 0 Å². The smallest absolute Gasteiger partial charge is 0.339 e. The Morgan fingerprint density at radius 2 is 0.895 bits per heavy atom. The molecule has 0 fully saturated rings. The van der Waals surface area contributed by atoms with Gasteiger partial charge in [0, 0.05) is 10.0 Å². The number of carboxylic acid groups (broad SMARTS) is 1. The number of nitrogens with one attached hydrogen (secondary N) is 2. The molecule has 0 heterocycles. The van der Waals surface area contributed by atoms with Crippen molar-refractivity contribution in [3.05, 3.63) is 164 Å². The second kappa shape index (κ2) is 19.2. The molecule has 14 heteroatoms. The zero-order valence-electron chi connectivity index (χ0n) is 30.4. The lowest BCUT2D eigenvalue weighted by molar-refractivity contribution is 0.0600. The summed E-state index contributed by atoms with van der Waals surface area (Å²) >= 11 is 24.3. The summed E-state index contributed by atoms with van der Waals surface area (Å²) < 4.78 is 15.3. The molecule has 0 unspecified atom stereocenters. The van der Waals surface area contributed by atoms with Gasteiger partial charge in [-0.15, -0.1) is 0 Å². The number of hydrogen-bond donors (Lipinski definition) is 3. The molecular formula is C43H32Cl4N2O8. The summed E-state index contributed by atoms with van der Waals surface area (Å²) in [5.41, 5.74) is 4.27. The highest BCUT2D eigenvalue weighted by Crippen LogP contribution is 2.35. The van der Waals surface area contributed by atoms with Crippen molar-refractivity contribution in [2.24, 2.45) is 0 Å². The lowest BCUT2D eigenvalue weighted by Crippen LogP contribution is -2.16. The summed E-state index contributed by atoms with van der Waals surface area (Å²) in [7, 11) is 4.06. The number of hydrogen-bond acceptors (Lipinski definition) is 7. The SMILES string of the molecule is COC(=O)c1ccc(-c2ccccc2)cc1NC(=O)c1cc(Cl)cc(Cl)c1OC.COc1c(Cl)cc(Cl)cc1C(=O)Nc1cc(-c2ccccc2)ccc1C(=O)O. The number of halogens is 4. The Morgan fingerprint density at radius 3 is 1.28 bits per heavy atom. The van der Waals surface area contributed by atoms with Gasteiger partial charge in [-0.05, 0) is 70.8 Å². The van der Waals surface area contributed by atoms with E-state index in [-0.39, 0.29) is 59.5 Å². The van der Waals surface area contributed by atoms with Crippen LogP contribution in [0, 0.1) is 0 Å². The summed E-state index contributed by atoms with van der Waals surface area (Å²) in [5.74, 6) is -2.51. The molecule has 0 saturated carbocycles. The molecule has 3 N–H and O–H groups in total. The minimum absolute atomic E-state index is 0.0416. The fourth-order valence-corrected chi connectivity index (χ4v) is 6.78. The molecular weight excluding hydrogens is 814 g/mol. The average molecular weight is 847 g/mol. The second-order valence-electron chi connectivity index (χ2n) is 11.9. The third kappa shape index (κ3) is 10.2. The number of amides is 2. The van der Waals surface area contributed by atoms with E-state index in [9.17, 15) is 24.3 Å². The molecule has 0 radical (unpaired) electrons. The van der Waals surface area contributed by atoms with Crippen molar-refractivity contribution in [3.63, 3.8) is 0 Å². The number of anilines is 2. The van der Waals surface area contributed by atoms with E-state index in [0.29, 0.717) is 5.69 Å². The van der Waals surface area contributed by atoms with Gasteiger partial charge in [0.1, 0.15) is 11.5 Å². The molecule has 0 atom stereocenters. The van der Waals surface area contributed by atoms with E-state index < -0.39 is 23.8 Å². The second-order valence-corrected chi connectivity index (χ2v) is 13.6. The molecule has 0 aliphatic heterocycles. The summed E-state index contributed by atoms with van der Waals surface area (Å²) in [5, 5.41) is 15.8. The monoisotopic (exact) mass is 844 g/mol. The Balaban J connectivity index is 0.000000218. The van der Waals surface area contributed by atoms with Crippen molar-refractivity contribution in [2.75, 3.05) is 32.0 Å². The van der Waals surface area contributed by atoms with Crippen molar-refractivity contribution in [1.29, 1.82) is 0 Å². The van der Waals surface area contributed by atoms with Crippen molar-refractivity contribution >= 4 is 81.5 Å². The first kappa shape index (κ1) is 42.1. The first-order chi connectivity index (χ1) is 27.3. The number of carbonyl (C=O) groups is 4. The molecule has 290 valence electrons. The zero-order valence-corrected chi connectivity index (χ0v) is 33.4. The van der Waals surface area contributed by atoms with Crippen molar-refractivity contribution < 1.29 is 38.5 Å². The van der Waals surface area contributed by atoms with Gasteiger partial charge in [0.2, 0.25) is 0 Å². The first-order valence-electron chi connectivity index (χ1n) is 16.7. The van der Waals surface area contributed by atoms with Gasteiger partial charge >= 0.3 is 11.9 Å². The average Bonchev–Trinajstić information content (AvgIpc) is 3.20. The third-order valence-corrected chi connectivity index (χ3v) is 9.30. The predicted octanol–water partition coefficient (Wildman–Crippen LogP) is 11.3. The number of methoxy groups -OCH3 is 3. The van der Waals surface area contributed by atoms with Crippen LogP contribution in [0.2, 0.25) is 20.1 Å². The molecule has 10 nitrogen and oxygen atoms in total. The van der Waals surface area contributed by atoms with Crippen LogP contribution in [0.4, 0.5) is 11.4 Å². The van der Waals surface area contributed by atoms with Crippen LogP contribution >= 0.6 is 46.4 Å². The van der Waals surface area contributed by atoms with Gasteiger partial charge in [-0.3, -0.25) is 9.59 Å². The fourth-order valence-electron chi connectivity index (χ4n) is 5.64. The molecule has 6 rings (SSSR count). The number of rotatable bonds is 10. The summed E-state index contributed by atoms with van der Waals surface area (Å²) in [6, 6.07) is 34.6. The Hall–Kier alpha value is -6.04. The van der Waals surface area contributed by atoms with Crippen LogP contribution in [-0.4, -0.2) is 50.2 Å². The van der Waals surface area contributed by atoms with E-state index in [4.69, 9.17) is 60.6 Å². The number of esters is 1. The molecule has 0 aromatic heterocycles. The standard InChI is InChI=1S/C22H17Cl2NO4.C21H15Cl2NO4/c1-28-20-17(11-15(23)12-18(20)24)21(26)25-19-10-14(13-6-4-3-5-7-13)8-9-16(19)22(27)29-2;1-28-19-16(10-14(22)11-17(19)23)20(25)24-18-9-13(7-8-15(18)21(26)27)12-5-3-2-4-6-12/h3-12H,1-2H3,(H,25,26);2-11H,1H3,(H,24,25)(H,26,27). The molecule has 6 aromatic rings. The van der Waals surface area contributed by atoms with E-state index in [1.807, 2.05) is 60.7 Å². The van der Waals surface area contributed by atoms with Crippen LogP contribution in [0.5, 0.6) is 11.5 Å². The molecule has 0 saturated heterocycles. The number of aromatic carboxylic acids is 1. The van der Waals surface area contributed by atoms with Crippen molar-refractivity contribution in [3.8, 4) is 33.8 Å². The molecule has 0 bridgehead atoms. The van der Waals surface area contributed by atoms with Crippen LogP contribution in [0.15, 0.2) is 121 Å². The minimum Gasteiger partial charge on any atom is -0.494 e. The number of benzene rings is 6. The van der Waals surface area contributed by atoms with Crippen LogP contribution in [0.25, 0.3) is 22.3 Å². The van der Waals surface area contributed by atoms with E-state index in [1.54, 1.807) is 30.3 Å². The van der Waals surface area contributed by atoms with E-state index >= 15 is 0 Å². The molecule has 2 amide bonds. The Bertz CT molecular complexity index is 2460. The fraction of sp³-hybridized carbons (Fsp3) is 0.0698. The highest BCUT2D eigenvalue weighted by molar-refractivity contribution is 6.37. The molecule has 0 spiro atoms. The van der Waals surface area contributed by atoms with E-state index in [2.05, 4.69) is 10.6 Å². The maximum absolute atomic E-state index is 12.9. The highest BCUT2D eigenvalue weighted by atomic mass is 35.5. The largest absolute Gasteiger partial charge is 0.494 e. The molecule has 57 heavy (non-hydrogen) atoms. The number of ether oxygens (including phenoxy) is 3. The lowest BCUT2D eigenvalue weighted by atomic mass is 10.0. The lowest BCUT2D eigenvalue weighted by Gasteiger charge is -2.14. The van der Waals surface area contributed by atoms with Gasteiger partial charge in [0.15, 0.2) is 0 Å². The summed E-state index contributed by atoms with van der Waals surface area (Å²) in [6.45, 7) is 0. The van der Waals surface area contributed by atoms with Gasteiger partial charge < -0.3 is 30.0 Å².